The van der Waals surface area contributed by atoms with E-state index in [2.05, 4.69) is 44.6 Å². The summed E-state index contributed by atoms with van der Waals surface area (Å²) in [5, 5.41) is 5.68. The zero-order valence-electron chi connectivity index (χ0n) is 9.91. The number of likely N-dealkylation sites (N-methyl/N-ethyl adjacent to an activating group) is 1. The van der Waals surface area contributed by atoms with Gasteiger partial charge in [-0.25, -0.2) is 0 Å². The number of hydrogen-bond donors (Lipinski definition) is 1. The summed E-state index contributed by atoms with van der Waals surface area (Å²) >= 11 is 5.40. The highest BCUT2D eigenvalue weighted by molar-refractivity contribution is 9.10. The Morgan fingerprint density at radius 3 is 2.94 bits per heavy atom. The van der Waals surface area contributed by atoms with Gasteiger partial charge in [0.15, 0.2) is 0 Å². The highest BCUT2D eigenvalue weighted by Crippen LogP contribution is 2.42. The van der Waals surface area contributed by atoms with E-state index < -0.39 is 0 Å². The van der Waals surface area contributed by atoms with Crippen molar-refractivity contribution in [3.05, 3.63) is 20.8 Å². The quantitative estimate of drug-likeness (QED) is 0.898. The molecule has 1 aromatic rings. The maximum Gasteiger partial charge on any atom is 0.0681 e. The van der Waals surface area contributed by atoms with Crippen LogP contribution in [0.15, 0.2) is 15.9 Å². The van der Waals surface area contributed by atoms with Crippen LogP contribution in [0.1, 0.15) is 4.88 Å². The first kappa shape index (κ1) is 12.1. The largest absolute Gasteiger partial charge is 0.379 e. The summed E-state index contributed by atoms with van der Waals surface area (Å²) in [7, 11) is 2.23. The van der Waals surface area contributed by atoms with Crippen LogP contribution in [0.3, 0.4) is 0 Å². The second-order valence-electron chi connectivity index (χ2n) is 4.98. The fourth-order valence-corrected chi connectivity index (χ4v) is 4.47. The fraction of sp³-hybridized carbons (Fsp3) is 0.667. The van der Waals surface area contributed by atoms with Crippen molar-refractivity contribution >= 4 is 27.3 Å². The molecule has 5 heteroatoms. The van der Waals surface area contributed by atoms with Crippen molar-refractivity contribution in [1.82, 2.24) is 10.2 Å². The van der Waals surface area contributed by atoms with Crippen molar-refractivity contribution in [1.29, 1.82) is 0 Å². The molecule has 1 N–H and O–H groups in total. The molecule has 0 aromatic carbocycles. The van der Waals surface area contributed by atoms with Crippen molar-refractivity contribution in [2.24, 2.45) is 0 Å². The van der Waals surface area contributed by atoms with Crippen molar-refractivity contribution < 1.29 is 4.74 Å². The average molecular weight is 317 g/mol. The molecule has 1 aromatic heterocycles. The molecule has 0 radical (unpaired) electrons. The molecule has 3 heterocycles. The lowest BCUT2D eigenvalue weighted by molar-refractivity contribution is -0.101. The normalized spacial score (nSPS) is 28.9. The number of ether oxygens (including phenoxy) is 1. The van der Waals surface area contributed by atoms with E-state index in [0.717, 1.165) is 32.8 Å². The summed E-state index contributed by atoms with van der Waals surface area (Å²) in [5.41, 5.74) is 0.207. The van der Waals surface area contributed by atoms with E-state index in [4.69, 9.17) is 4.74 Å². The van der Waals surface area contributed by atoms with Gasteiger partial charge in [0.05, 0.1) is 18.6 Å². The van der Waals surface area contributed by atoms with Gasteiger partial charge in [-0.05, 0) is 29.0 Å². The maximum absolute atomic E-state index is 5.54. The molecule has 0 amide bonds. The second-order valence-corrected chi connectivity index (χ2v) is 6.81. The molecule has 3 nitrogen and oxygen atoms in total. The van der Waals surface area contributed by atoms with Crippen LogP contribution in [-0.2, 0) is 10.2 Å². The Morgan fingerprint density at radius 2 is 2.41 bits per heavy atom. The molecule has 17 heavy (non-hydrogen) atoms. The molecule has 3 rings (SSSR count). The van der Waals surface area contributed by atoms with Crippen LogP contribution in [0, 0.1) is 0 Å². The lowest BCUT2D eigenvalue weighted by atomic mass is 9.75. The Kier molecular flexibility index (Phi) is 3.30. The van der Waals surface area contributed by atoms with E-state index >= 15 is 0 Å². The maximum atomic E-state index is 5.54. The predicted molar refractivity (Wildman–Crippen MR) is 73.8 cm³/mol. The van der Waals surface area contributed by atoms with Gasteiger partial charge in [0.1, 0.15) is 0 Å². The molecular weight excluding hydrogens is 300 g/mol. The van der Waals surface area contributed by atoms with Gasteiger partial charge in [0, 0.05) is 40.4 Å². The number of hydrogen-bond acceptors (Lipinski definition) is 4. The minimum atomic E-state index is 0.207. The number of piperazine rings is 1. The summed E-state index contributed by atoms with van der Waals surface area (Å²) in [5.74, 6) is 0. The molecule has 0 spiro atoms. The van der Waals surface area contributed by atoms with Crippen LogP contribution in [-0.4, -0.2) is 50.8 Å². The number of rotatable bonds is 2. The highest BCUT2D eigenvalue weighted by atomic mass is 79.9. The molecule has 2 aliphatic rings. The van der Waals surface area contributed by atoms with Gasteiger partial charge >= 0.3 is 0 Å². The molecule has 2 saturated heterocycles. The van der Waals surface area contributed by atoms with Gasteiger partial charge in [-0.3, -0.25) is 4.90 Å². The Bertz CT molecular complexity index is 405. The number of nitrogens with zero attached hydrogens (tertiary/aromatic N) is 1. The van der Waals surface area contributed by atoms with Gasteiger partial charge in [-0.1, -0.05) is 0 Å². The van der Waals surface area contributed by atoms with Gasteiger partial charge in [0.25, 0.3) is 0 Å². The van der Waals surface area contributed by atoms with Gasteiger partial charge in [-0.15, -0.1) is 11.3 Å². The molecule has 0 saturated carbocycles. The Balaban J connectivity index is 1.91. The second kappa shape index (κ2) is 4.63. The molecule has 1 unspecified atom stereocenters. The number of halogens is 1. The van der Waals surface area contributed by atoms with Crippen molar-refractivity contribution in [2.75, 3.05) is 39.9 Å². The zero-order valence-corrected chi connectivity index (χ0v) is 12.3. The Hall–Kier alpha value is 0.0600. The standard InChI is InChI=1S/C12H17BrN2OS/c1-15-3-2-14-5-10(15)12(7-16-8-12)11-4-9(13)6-17-11/h4,6,10,14H,2-3,5,7-8H2,1H3. The van der Waals surface area contributed by atoms with Crippen LogP contribution in [0.5, 0.6) is 0 Å². The minimum absolute atomic E-state index is 0.207. The van der Waals surface area contributed by atoms with E-state index in [1.807, 2.05) is 11.3 Å². The van der Waals surface area contributed by atoms with E-state index in [1.165, 1.54) is 9.35 Å². The monoisotopic (exact) mass is 316 g/mol. The summed E-state index contributed by atoms with van der Waals surface area (Å²) in [6.45, 7) is 5.00. The smallest absolute Gasteiger partial charge is 0.0681 e. The SMILES string of the molecule is CN1CCNCC1C1(c2cc(Br)cs2)COC1. The Morgan fingerprint density at radius 1 is 1.59 bits per heavy atom. The van der Waals surface area contributed by atoms with Crippen molar-refractivity contribution in [3.63, 3.8) is 0 Å². The van der Waals surface area contributed by atoms with Gasteiger partial charge in [0.2, 0.25) is 0 Å². The predicted octanol–water partition coefficient (Wildman–Crippen LogP) is 1.68. The number of nitrogens with one attached hydrogen (secondary N) is 1. The van der Waals surface area contributed by atoms with Crippen LogP contribution in [0.4, 0.5) is 0 Å². The molecule has 94 valence electrons. The van der Waals surface area contributed by atoms with Crippen molar-refractivity contribution in [3.8, 4) is 0 Å². The highest BCUT2D eigenvalue weighted by Gasteiger charge is 2.50. The summed E-state index contributed by atoms with van der Waals surface area (Å²) in [4.78, 5) is 3.93. The lowest BCUT2D eigenvalue weighted by Crippen LogP contribution is -2.66. The average Bonchev–Trinajstić information content (AvgIpc) is 2.67. The van der Waals surface area contributed by atoms with Crippen LogP contribution in [0.25, 0.3) is 0 Å². The van der Waals surface area contributed by atoms with Gasteiger partial charge < -0.3 is 10.1 Å². The summed E-state index contributed by atoms with van der Waals surface area (Å²) in [6, 6.07) is 2.81. The minimum Gasteiger partial charge on any atom is -0.379 e. The molecule has 1 atom stereocenters. The Labute approximate surface area is 114 Å². The van der Waals surface area contributed by atoms with Crippen LogP contribution < -0.4 is 5.32 Å². The third-order valence-electron chi connectivity index (χ3n) is 3.93. The third kappa shape index (κ3) is 1.98. The van der Waals surface area contributed by atoms with E-state index in [-0.39, 0.29) is 5.41 Å². The molecule has 2 fully saturated rings. The topological polar surface area (TPSA) is 24.5 Å². The lowest BCUT2D eigenvalue weighted by Gasteiger charge is -2.51. The molecule has 0 bridgehead atoms. The van der Waals surface area contributed by atoms with Crippen molar-refractivity contribution in [2.45, 2.75) is 11.5 Å². The molecule has 0 aliphatic carbocycles. The van der Waals surface area contributed by atoms with Crippen LogP contribution in [0.2, 0.25) is 0 Å². The first-order valence-electron chi connectivity index (χ1n) is 5.95. The summed E-state index contributed by atoms with van der Waals surface area (Å²) < 4.78 is 6.73. The first-order chi connectivity index (χ1) is 8.22. The fourth-order valence-electron chi connectivity index (χ4n) is 2.82. The molecule has 2 aliphatic heterocycles. The van der Waals surface area contributed by atoms with E-state index in [9.17, 15) is 0 Å². The first-order valence-corrected chi connectivity index (χ1v) is 7.63. The molecular formula is C12H17BrN2OS. The van der Waals surface area contributed by atoms with Crippen LogP contribution >= 0.6 is 27.3 Å². The zero-order chi connectivity index (χ0) is 11.9. The van der Waals surface area contributed by atoms with E-state index in [1.54, 1.807) is 0 Å². The number of thiophene rings is 1. The van der Waals surface area contributed by atoms with E-state index in [0.29, 0.717) is 6.04 Å². The third-order valence-corrected chi connectivity index (χ3v) is 5.84. The summed E-state index contributed by atoms with van der Waals surface area (Å²) in [6.07, 6.45) is 0. The van der Waals surface area contributed by atoms with Gasteiger partial charge in [-0.2, -0.15) is 0 Å².